The number of hydrogen-bond acceptors (Lipinski definition) is 4. The summed E-state index contributed by atoms with van der Waals surface area (Å²) in [5.74, 6) is 0.0419. The van der Waals surface area contributed by atoms with E-state index >= 15 is 0 Å². The Kier molecular flexibility index (Phi) is 6.61. The molecule has 2 aromatic carbocycles. The average Bonchev–Trinajstić information content (AvgIpc) is 3.25. The maximum atomic E-state index is 13.5. The number of halogens is 1. The summed E-state index contributed by atoms with van der Waals surface area (Å²) in [6.45, 7) is 5.31. The number of hydrogen-bond donors (Lipinski definition) is 0. The lowest BCUT2D eigenvalue weighted by molar-refractivity contribution is -0.141. The van der Waals surface area contributed by atoms with Crippen molar-refractivity contribution in [2.24, 2.45) is 5.92 Å². The molecule has 3 aromatic rings. The van der Waals surface area contributed by atoms with Crippen molar-refractivity contribution in [1.82, 2.24) is 9.88 Å². The Hall–Kier alpha value is -3.18. The third-order valence-corrected chi connectivity index (χ3v) is 7.34. The number of aromatic nitrogens is 1. The number of benzene rings is 2. The summed E-state index contributed by atoms with van der Waals surface area (Å²) >= 11 is 6.04. The molecule has 0 saturated carbocycles. The molecule has 0 radical (unpaired) electrons. The molecular weight excluding hydrogens is 460 g/mol. The van der Waals surface area contributed by atoms with Crippen LogP contribution in [0.3, 0.4) is 0 Å². The number of pyridine rings is 1. The highest BCUT2D eigenvalue weighted by molar-refractivity contribution is 6.30. The molecule has 0 unspecified atom stereocenters. The van der Waals surface area contributed by atoms with E-state index in [0.717, 1.165) is 52.6 Å². The lowest BCUT2D eigenvalue weighted by Crippen LogP contribution is -2.44. The number of rotatable bonds is 4. The highest BCUT2D eigenvalue weighted by atomic mass is 35.5. The lowest BCUT2D eigenvalue weighted by atomic mass is 9.99. The van der Waals surface area contributed by atoms with Gasteiger partial charge in [0.25, 0.3) is 5.91 Å². The molecule has 1 aliphatic carbocycles. The minimum absolute atomic E-state index is 0.122. The maximum Gasteiger partial charge on any atom is 0.339 e. The van der Waals surface area contributed by atoms with Crippen molar-refractivity contribution in [3.8, 4) is 0 Å². The molecule has 0 spiro atoms. The second kappa shape index (κ2) is 9.82. The summed E-state index contributed by atoms with van der Waals surface area (Å²) in [6, 6.07) is 15.3. The number of nitrogens with zero attached hydrogens (tertiary/aromatic N) is 2. The predicted molar refractivity (Wildman–Crippen MR) is 139 cm³/mol. The van der Waals surface area contributed by atoms with Crippen LogP contribution in [0.15, 0.2) is 48.5 Å². The van der Waals surface area contributed by atoms with Gasteiger partial charge in [-0.3, -0.25) is 4.79 Å². The van der Waals surface area contributed by atoms with Crippen LogP contribution in [0.2, 0.25) is 5.02 Å². The van der Waals surface area contributed by atoms with Gasteiger partial charge in [-0.05, 0) is 79.5 Å². The number of esters is 1. The first-order valence-corrected chi connectivity index (χ1v) is 12.7. The Balaban J connectivity index is 1.46. The topological polar surface area (TPSA) is 59.5 Å². The number of fused-ring (bicyclic) bond motifs is 2. The van der Waals surface area contributed by atoms with Crippen molar-refractivity contribution >= 4 is 46.0 Å². The number of amides is 1. The second-order valence-corrected chi connectivity index (χ2v) is 10.0. The SMILES string of the molecule is CC1CCN(C(=O)[C@@H](C)OC(=O)c2c3c(nc4ccccc24)/C(=C/c2ccc(Cl)cc2)CC3)CC1. The molecule has 2 aliphatic rings. The van der Waals surface area contributed by atoms with Crippen molar-refractivity contribution in [3.05, 3.63) is 75.9 Å². The molecule has 5 nitrogen and oxygen atoms in total. The fraction of sp³-hybridized carbons (Fsp3) is 0.345. The zero-order valence-corrected chi connectivity index (χ0v) is 20.8. The Morgan fingerprint density at radius 1 is 1.09 bits per heavy atom. The van der Waals surface area contributed by atoms with E-state index in [0.29, 0.717) is 36.0 Å². The van der Waals surface area contributed by atoms with E-state index in [9.17, 15) is 9.59 Å². The highest BCUT2D eigenvalue weighted by Crippen LogP contribution is 2.38. The molecule has 35 heavy (non-hydrogen) atoms. The fourth-order valence-electron chi connectivity index (χ4n) is 5.03. The van der Waals surface area contributed by atoms with Crippen molar-refractivity contribution in [3.63, 3.8) is 0 Å². The first kappa shape index (κ1) is 23.6. The van der Waals surface area contributed by atoms with Gasteiger partial charge < -0.3 is 9.64 Å². The first-order chi connectivity index (χ1) is 16.9. The van der Waals surface area contributed by atoms with Crippen LogP contribution in [0.1, 0.15) is 60.3 Å². The van der Waals surface area contributed by atoms with E-state index in [1.165, 1.54) is 0 Å². The van der Waals surface area contributed by atoms with E-state index in [2.05, 4.69) is 13.0 Å². The molecule has 1 atom stereocenters. The number of para-hydroxylation sites is 1. The molecule has 0 N–H and O–H groups in total. The van der Waals surface area contributed by atoms with Gasteiger partial charge in [-0.2, -0.15) is 0 Å². The summed E-state index contributed by atoms with van der Waals surface area (Å²) in [5.41, 5.74) is 5.10. The number of piperidine rings is 1. The molecule has 6 heteroatoms. The lowest BCUT2D eigenvalue weighted by Gasteiger charge is -2.32. The Bertz CT molecular complexity index is 1310. The molecular formula is C29H29ClN2O3. The van der Waals surface area contributed by atoms with E-state index in [4.69, 9.17) is 21.3 Å². The number of carbonyl (C=O) groups excluding carboxylic acids is 2. The Morgan fingerprint density at radius 3 is 2.54 bits per heavy atom. The van der Waals surface area contributed by atoms with E-state index < -0.39 is 12.1 Å². The van der Waals surface area contributed by atoms with Crippen LogP contribution in [-0.2, 0) is 16.0 Å². The van der Waals surface area contributed by atoms with Gasteiger partial charge in [0.05, 0.1) is 16.8 Å². The summed E-state index contributed by atoms with van der Waals surface area (Å²) in [4.78, 5) is 33.2. The van der Waals surface area contributed by atoms with Gasteiger partial charge in [0, 0.05) is 23.5 Å². The summed E-state index contributed by atoms with van der Waals surface area (Å²) in [5, 5.41) is 1.45. The third kappa shape index (κ3) is 4.83. The van der Waals surface area contributed by atoms with Crippen molar-refractivity contribution in [2.45, 2.75) is 45.6 Å². The molecule has 180 valence electrons. The molecule has 1 amide bonds. The third-order valence-electron chi connectivity index (χ3n) is 7.08. The van der Waals surface area contributed by atoms with Gasteiger partial charge in [-0.25, -0.2) is 9.78 Å². The predicted octanol–water partition coefficient (Wildman–Crippen LogP) is 6.18. The summed E-state index contributed by atoms with van der Waals surface area (Å²) in [7, 11) is 0. The zero-order chi connectivity index (χ0) is 24.5. The molecule has 5 rings (SSSR count). The largest absolute Gasteiger partial charge is 0.449 e. The van der Waals surface area contributed by atoms with Crippen LogP contribution in [0.5, 0.6) is 0 Å². The normalized spacial score (nSPS) is 18.0. The first-order valence-electron chi connectivity index (χ1n) is 12.3. The highest BCUT2D eigenvalue weighted by Gasteiger charge is 2.31. The fourth-order valence-corrected chi connectivity index (χ4v) is 5.15. The van der Waals surface area contributed by atoms with Gasteiger partial charge >= 0.3 is 5.97 Å². The van der Waals surface area contributed by atoms with E-state index in [1.54, 1.807) is 6.92 Å². The van der Waals surface area contributed by atoms with Crippen LogP contribution in [0, 0.1) is 5.92 Å². The molecule has 2 heterocycles. The molecule has 1 fully saturated rings. The minimum atomic E-state index is -0.830. The van der Waals surface area contributed by atoms with Crippen LogP contribution < -0.4 is 0 Å². The number of ether oxygens (including phenoxy) is 1. The van der Waals surface area contributed by atoms with Gasteiger partial charge in [0.15, 0.2) is 6.10 Å². The van der Waals surface area contributed by atoms with Gasteiger partial charge in [0.2, 0.25) is 0 Å². The quantitative estimate of drug-likeness (QED) is 0.411. The van der Waals surface area contributed by atoms with Crippen LogP contribution in [-0.4, -0.2) is 41.0 Å². The van der Waals surface area contributed by atoms with Gasteiger partial charge in [0.1, 0.15) is 0 Å². The van der Waals surface area contributed by atoms with Crippen molar-refractivity contribution in [2.75, 3.05) is 13.1 Å². The van der Waals surface area contributed by atoms with E-state index in [-0.39, 0.29) is 5.91 Å². The Labute approximate surface area is 210 Å². The average molecular weight is 489 g/mol. The Morgan fingerprint density at radius 2 is 1.80 bits per heavy atom. The van der Waals surface area contributed by atoms with Crippen molar-refractivity contribution < 1.29 is 14.3 Å². The smallest absolute Gasteiger partial charge is 0.339 e. The van der Waals surface area contributed by atoms with Crippen molar-refractivity contribution in [1.29, 1.82) is 0 Å². The monoisotopic (exact) mass is 488 g/mol. The molecule has 0 bridgehead atoms. The van der Waals surface area contributed by atoms with Crippen LogP contribution >= 0.6 is 11.6 Å². The molecule has 1 saturated heterocycles. The number of likely N-dealkylation sites (tertiary alicyclic amines) is 1. The number of carbonyl (C=O) groups is 2. The van der Waals surface area contributed by atoms with Crippen LogP contribution in [0.25, 0.3) is 22.6 Å². The molecule has 1 aromatic heterocycles. The van der Waals surface area contributed by atoms with Crippen LogP contribution in [0.4, 0.5) is 0 Å². The standard InChI is InChI=1S/C29H29ClN2O3/c1-18-13-15-32(16-14-18)28(33)19(2)35-29(34)26-23-5-3-4-6-25(23)31-27-21(9-12-24(26)27)17-20-7-10-22(30)11-8-20/h3-8,10-11,17-19H,9,12-16H2,1-2H3/b21-17+/t19-/m1/s1. The summed E-state index contributed by atoms with van der Waals surface area (Å²) in [6.07, 6.45) is 4.72. The zero-order valence-electron chi connectivity index (χ0n) is 20.1. The van der Waals surface area contributed by atoms with E-state index in [1.807, 2.05) is 53.4 Å². The maximum absolute atomic E-state index is 13.5. The minimum Gasteiger partial charge on any atom is -0.449 e. The summed E-state index contributed by atoms with van der Waals surface area (Å²) < 4.78 is 5.79. The van der Waals surface area contributed by atoms with Gasteiger partial charge in [-0.1, -0.05) is 48.9 Å². The molecule has 1 aliphatic heterocycles. The second-order valence-electron chi connectivity index (χ2n) is 9.61. The number of allylic oxidation sites excluding steroid dienone is 1. The van der Waals surface area contributed by atoms with Gasteiger partial charge in [-0.15, -0.1) is 0 Å².